The zero-order valence-electron chi connectivity index (χ0n) is 13.5. The molecule has 0 spiro atoms. The lowest BCUT2D eigenvalue weighted by Gasteiger charge is -2.35. The Labute approximate surface area is 128 Å². The molecular formula is C18H28N2O. The van der Waals surface area contributed by atoms with E-state index in [1.54, 1.807) is 5.57 Å². The van der Waals surface area contributed by atoms with Crippen LogP contribution in [0.15, 0.2) is 16.8 Å². The molecule has 3 unspecified atom stereocenters. The minimum Gasteiger partial charge on any atom is -0.389 e. The Hall–Kier alpha value is -0.830. The Balaban J connectivity index is 1.42. The Kier molecular flexibility index (Phi) is 3.36. The van der Waals surface area contributed by atoms with Gasteiger partial charge in [0.1, 0.15) is 5.60 Å². The molecule has 3 aliphatic carbocycles. The van der Waals surface area contributed by atoms with Gasteiger partial charge in [-0.3, -0.25) is 0 Å². The quantitative estimate of drug-likeness (QED) is 0.571. The van der Waals surface area contributed by atoms with Crippen LogP contribution >= 0.6 is 0 Å². The number of hydrogen-bond donors (Lipinski definition) is 0. The summed E-state index contributed by atoms with van der Waals surface area (Å²) in [4.78, 5) is 8.70. The second kappa shape index (κ2) is 5.12. The van der Waals surface area contributed by atoms with Crippen LogP contribution in [0.5, 0.6) is 0 Å². The minimum absolute atomic E-state index is 0.0123. The SMILES string of the molecule is CC1CC2=CCC(O/N=C3/CCC4CCN(C)[C@H]4C3)(C2)C1. The monoisotopic (exact) mass is 288 g/mol. The fourth-order valence-electron chi connectivity index (χ4n) is 5.15. The van der Waals surface area contributed by atoms with Gasteiger partial charge in [-0.1, -0.05) is 23.7 Å². The van der Waals surface area contributed by atoms with Gasteiger partial charge in [0, 0.05) is 25.3 Å². The second-order valence-electron chi connectivity index (χ2n) is 8.03. The highest BCUT2D eigenvalue weighted by atomic mass is 16.6. The molecule has 1 saturated heterocycles. The van der Waals surface area contributed by atoms with Crippen LogP contribution in [0.1, 0.15) is 58.3 Å². The molecule has 3 fully saturated rings. The molecule has 4 atom stereocenters. The predicted molar refractivity (Wildman–Crippen MR) is 85.3 cm³/mol. The molecule has 116 valence electrons. The van der Waals surface area contributed by atoms with Crippen LogP contribution in [0.2, 0.25) is 0 Å². The van der Waals surface area contributed by atoms with Gasteiger partial charge in [-0.2, -0.15) is 0 Å². The lowest BCUT2D eigenvalue weighted by atomic mass is 9.80. The maximum absolute atomic E-state index is 6.17. The third-order valence-corrected chi connectivity index (χ3v) is 6.22. The topological polar surface area (TPSA) is 24.8 Å². The number of likely N-dealkylation sites (tertiary alicyclic amines) is 1. The Bertz CT molecular complexity index is 484. The van der Waals surface area contributed by atoms with E-state index in [1.165, 1.54) is 37.9 Å². The molecule has 0 N–H and O–H groups in total. The molecule has 21 heavy (non-hydrogen) atoms. The summed E-state index contributed by atoms with van der Waals surface area (Å²) < 4.78 is 0. The number of fused-ring (bicyclic) bond motifs is 3. The highest BCUT2D eigenvalue weighted by Crippen LogP contribution is 2.46. The molecule has 4 rings (SSSR count). The van der Waals surface area contributed by atoms with Gasteiger partial charge >= 0.3 is 0 Å². The van der Waals surface area contributed by atoms with E-state index in [1.807, 2.05) is 0 Å². The molecule has 0 aromatic rings. The van der Waals surface area contributed by atoms with E-state index in [9.17, 15) is 0 Å². The largest absolute Gasteiger partial charge is 0.389 e. The van der Waals surface area contributed by atoms with Gasteiger partial charge in [-0.25, -0.2) is 0 Å². The van der Waals surface area contributed by atoms with Crippen molar-refractivity contribution in [3.63, 3.8) is 0 Å². The average molecular weight is 288 g/mol. The first-order chi connectivity index (χ1) is 10.1. The Morgan fingerprint density at radius 3 is 3.14 bits per heavy atom. The van der Waals surface area contributed by atoms with E-state index in [0.717, 1.165) is 43.6 Å². The van der Waals surface area contributed by atoms with Crippen LogP contribution in [-0.2, 0) is 4.84 Å². The third kappa shape index (κ3) is 2.54. The van der Waals surface area contributed by atoms with E-state index in [2.05, 4.69) is 30.1 Å². The van der Waals surface area contributed by atoms with Gasteiger partial charge in [-0.05, 0) is 57.5 Å². The van der Waals surface area contributed by atoms with Crippen LogP contribution in [-0.4, -0.2) is 35.8 Å². The third-order valence-electron chi connectivity index (χ3n) is 6.22. The van der Waals surface area contributed by atoms with Crippen molar-refractivity contribution in [2.24, 2.45) is 17.0 Å². The smallest absolute Gasteiger partial charge is 0.145 e. The van der Waals surface area contributed by atoms with Gasteiger partial charge < -0.3 is 9.74 Å². The summed E-state index contributed by atoms with van der Waals surface area (Å²) >= 11 is 0. The van der Waals surface area contributed by atoms with E-state index < -0.39 is 0 Å². The number of rotatable bonds is 2. The maximum Gasteiger partial charge on any atom is 0.145 e. The first kappa shape index (κ1) is 13.8. The van der Waals surface area contributed by atoms with Crippen LogP contribution in [0.3, 0.4) is 0 Å². The summed E-state index contributed by atoms with van der Waals surface area (Å²) in [5, 5.41) is 4.66. The second-order valence-corrected chi connectivity index (χ2v) is 8.03. The summed E-state index contributed by atoms with van der Waals surface area (Å²) in [6.07, 6.45) is 12.0. The van der Waals surface area contributed by atoms with Gasteiger partial charge in [-0.15, -0.1) is 0 Å². The van der Waals surface area contributed by atoms with Crippen molar-refractivity contribution in [1.29, 1.82) is 0 Å². The zero-order chi connectivity index (χ0) is 14.4. The van der Waals surface area contributed by atoms with Crippen molar-refractivity contribution in [2.45, 2.75) is 69.9 Å². The first-order valence-corrected chi connectivity index (χ1v) is 8.76. The lowest BCUT2D eigenvalue weighted by molar-refractivity contribution is -0.0583. The normalized spacial score (nSPS) is 44.8. The van der Waals surface area contributed by atoms with Crippen molar-refractivity contribution in [1.82, 2.24) is 4.90 Å². The van der Waals surface area contributed by atoms with Gasteiger partial charge in [0.2, 0.25) is 0 Å². The van der Waals surface area contributed by atoms with Crippen molar-refractivity contribution in [2.75, 3.05) is 13.6 Å². The molecule has 1 heterocycles. The van der Waals surface area contributed by atoms with Gasteiger partial charge in [0.05, 0.1) is 5.71 Å². The minimum atomic E-state index is 0.0123. The standard InChI is InChI=1S/C18H28N2O/c1-13-9-14-5-7-18(11-13,12-14)21-19-16-4-3-15-6-8-20(2)17(15)10-16/h5,13,15,17H,3-4,6-12H2,1-2H3/b19-16-/t13?,15?,17-,18?/m0/s1. The van der Waals surface area contributed by atoms with Gasteiger partial charge in [0.25, 0.3) is 0 Å². The highest BCUT2D eigenvalue weighted by molar-refractivity contribution is 5.85. The van der Waals surface area contributed by atoms with Crippen LogP contribution < -0.4 is 0 Å². The molecule has 0 aromatic carbocycles. The predicted octanol–water partition coefficient (Wildman–Crippen LogP) is 3.75. The lowest BCUT2D eigenvalue weighted by Crippen LogP contribution is -2.37. The summed E-state index contributed by atoms with van der Waals surface area (Å²) in [5.41, 5.74) is 2.93. The number of hydrogen-bond acceptors (Lipinski definition) is 3. The molecule has 3 nitrogen and oxygen atoms in total. The van der Waals surface area contributed by atoms with E-state index in [0.29, 0.717) is 0 Å². The van der Waals surface area contributed by atoms with Gasteiger partial charge in [0.15, 0.2) is 0 Å². The Morgan fingerprint density at radius 1 is 1.33 bits per heavy atom. The molecule has 4 aliphatic rings. The van der Waals surface area contributed by atoms with Crippen molar-refractivity contribution >= 4 is 5.71 Å². The summed E-state index contributed by atoms with van der Waals surface area (Å²) in [5.74, 6) is 1.66. The summed E-state index contributed by atoms with van der Waals surface area (Å²) in [6, 6.07) is 0.723. The maximum atomic E-state index is 6.17. The summed E-state index contributed by atoms with van der Waals surface area (Å²) in [6.45, 7) is 3.61. The van der Waals surface area contributed by atoms with E-state index in [-0.39, 0.29) is 5.60 Å². The van der Waals surface area contributed by atoms with Crippen LogP contribution in [0.25, 0.3) is 0 Å². The first-order valence-electron chi connectivity index (χ1n) is 8.76. The van der Waals surface area contributed by atoms with Crippen molar-refractivity contribution in [3.05, 3.63) is 11.6 Å². The Morgan fingerprint density at radius 2 is 2.24 bits per heavy atom. The molecule has 2 bridgehead atoms. The average Bonchev–Trinajstić information content (AvgIpc) is 2.98. The van der Waals surface area contributed by atoms with Crippen molar-refractivity contribution in [3.8, 4) is 0 Å². The van der Waals surface area contributed by atoms with E-state index in [4.69, 9.17) is 4.84 Å². The highest BCUT2D eigenvalue weighted by Gasteiger charge is 2.43. The molecule has 0 radical (unpaired) electrons. The fourth-order valence-corrected chi connectivity index (χ4v) is 5.15. The molecular weight excluding hydrogens is 260 g/mol. The number of oxime groups is 1. The van der Waals surface area contributed by atoms with E-state index >= 15 is 0 Å². The van der Waals surface area contributed by atoms with Crippen molar-refractivity contribution < 1.29 is 4.84 Å². The molecule has 3 heteroatoms. The molecule has 0 amide bonds. The van der Waals surface area contributed by atoms with Crippen LogP contribution in [0, 0.1) is 11.8 Å². The molecule has 2 saturated carbocycles. The molecule has 1 aliphatic heterocycles. The van der Waals surface area contributed by atoms with Crippen LogP contribution in [0.4, 0.5) is 0 Å². The summed E-state index contributed by atoms with van der Waals surface area (Å²) in [7, 11) is 2.27. The molecule has 0 aromatic heterocycles. The fraction of sp³-hybridized carbons (Fsp3) is 0.833. The number of nitrogens with zero attached hydrogens (tertiary/aromatic N) is 2. The zero-order valence-corrected chi connectivity index (χ0v) is 13.5.